The number of hydrogen-bond acceptors (Lipinski definition) is 3. The number of hydrogen-bond donors (Lipinski definition) is 2. The molecule has 1 unspecified atom stereocenters. The van der Waals surface area contributed by atoms with Gasteiger partial charge in [-0.25, -0.2) is 0 Å². The van der Waals surface area contributed by atoms with Crippen molar-refractivity contribution in [3.8, 4) is 5.75 Å². The van der Waals surface area contributed by atoms with E-state index in [4.69, 9.17) is 4.74 Å². The Morgan fingerprint density at radius 3 is 2.75 bits per heavy atom. The number of anilines is 1. The first-order valence-electron chi connectivity index (χ1n) is 5.82. The molecule has 1 atom stereocenters. The second-order valence-corrected chi connectivity index (χ2v) is 3.94. The van der Waals surface area contributed by atoms with E-state index >= 15 is 0 Å². The largest absolute Gasteiger partial charge is 0.497 e. The number of rotatable bonds is 7. The van der Waals surface area contributed by atoms with Crippen LogP contribution in [0.5, 0.6) is 5.75 Å². The first kappa shape index (κ1) is 12.8. The van der Waals surface area contributed by atoms with Crippen molar-refractivity contribution < 1.29 is 4.74 Å². The molecule has 0 aliphatic heterocycles. The van der Waals surface area contributed by atoms with Crippen molar-refractivity contribution in [1.82, 2.24) is 5.32 Å². The molecule has 1 rings (SSSR count). The van der Waals surface area contributed by atoms with Crippen LogP contribution in [0.4, 0.5) is 5.69 Å². The van der Waals surface area contributed by atoms with Gasteiger partial charge in [-0.1, -0.05) is 19.4 Å². The molecule has 3 heteroatoms. The van der Waals surface area contributed by atoms with Gasteiger partial charge in [0.25, 0.3) is 0 Å². The summed E-state index contributed by atoms with van der Waals surface area (Å²) in [7, 11) is 3.68. The molecule has 0 heterocycles. The molecule has 0 spiro atoms. The molecule has 0 aliphatic carbocycles. The van der Waals surface area contributed by atoms with Gasteiger partial charge in [-0.2, -0.15) is 0 Å². The molecular formula is C13H22N2O. The summed E-state index contributed by atoms with van der Waals surface area (Å²) in [6.45, 7) is 4.26. The fourth-order valence-electron chi connectivity index (χ4n) is 1.64. The maximum Gasteiger partial charge on any atom is 0.120 e. The van der Waals surface area contributed by atoms with Gasteiger partial charge in [0.05, 0.1) is 7.11 Å². The molecule has 0 saturated carbocycles. The minimum absolute atomic E-state index is 0.663. The van der Waals surface area contributed by atoms with Crippen LogP contribution < -0.4 is 15.4 Å². The maximum atomic E-state index is 5.18. The third-order valence-corrected chi connectivity index (χ3v) is 2.73. The van der Waals surface area contributed by atoms with E-state index in [0.717, 1.165) is 24.5 Å². The van der Waals surface area contributed by atoms with Crippen molar-refractivity contribution in [1.29, 1.82) is 0 Å². The summed E-state index contributed by atoms with van der Waals surface area (Å²) in [5.74, 6) is 1.56. The summed E-state index contributed by atoms with van der Waals surface area (Å²) < 4.78 is 5.18. The molecule has 0 bridgehead atoms. The average molecular weight is 222 g/mol. The molecule has 3 nitrogen and oxygen atoms in total. The molecule has 0 amide bonds. The van der Waals surface area contributed by atoms with E-state index in [0.29, 0.717) is 5.92 Å². The fraction of sp³-hybridized carbons (Fsp3) is 0.538. The lowest BCUT2D eigenvalue weighted by Crippen LogP contribution is -2.24. The average Bonchev–Trinajstić information content (AvgIpc) is 2.34. The van der Waals surface area contributed by atoms with E-state index in [1.807, 2.05) is 25.2 Å². The van der Waals surface area contributed by atoms with Gasteiger partial charge in [-0.3, -0.25) is 0 Å². The van der Waals surface area contributed by atoms with E-state index < -0.39 is 0 Å². The van der Waals surface area contributed by atoms with Gasteiger partial charge in [0.15, 0.2) is 0 Å². The van der Waals surface area contributed by atoms with Gasteiger partial charge in [0.1, 0.15) is 5.75 Å². The van der Waals surface area contributed by atoms with E-state index in [-0.39, 0.29) is 0 Å². The third-order valence-electron chi connectivity index (χ3n) is 2.73. The highest BCUT2D eigenvalue weighted by Gasteiger charge is 2.04. The van der Waals surface area contributed by atoms with Crippen molar-refractivity contribution in [3.63, 3.8) is 0 Å². The topological polar surface area (TPSA) is 33.3 Å². The molecule has 2 N–H and O–H groups in total. The zero-order valence-corrected chi connectivity index (χ0v) is 10.4. The Morgan fingerprint density at radius 2 is 2.12 bits per heavy atom. The number of ether oxygens (including phenoxy) is 1. The molecule has 1 aromatic carbocycles. The molecule has 1 aromatic rings. The van der Waals surface area contributed by atoms with Crippen molar-refractivity contribution in [3.05, 3.63) is 24.3 Å². The van der Waals surface area contributed by atoms with Crippen LogP contribution in [-0.4, -0.2) is 27.2 Å². The van der Waals surface area contributed by atoms with Crippen LogP contribution in [0.25, 0.3) is 0 Å². The van der Waals surface area contributed by atoms with Crippen LogP contribution in [0.1, 0.15) is 13.3 Å². The van der Waals surface area contributed by atoms with Crippen molar-refractivity contribution in [2.75, 3.05) is 32.6 Å². The first-order chi connectivity index (χ1) is 7.80. The Kier molecular flexibility index (Phi) is 5.72. The smallest absolute Gasteiger partial charge is 0.120 e. The Balaban J connectivity index is 2.46. The van der Waals surface area contributed by atoms with Gasteiger partial charge in [0, 0.05) is 18.3 Å². The number of nitrogens with one attached hydrogen (secondary N) is 2. The summed E-state index contributed by atoms with van der Waals surface area (Å²) in [4.78, 5) is 0. The van der Waals surface area contributed by atoms with Gasteiger partial charge >= 0.3 is 0 Å². The second-order valence-electron chi connectivity index (χ2n) is 3.94. The van der Waals surface area contributed by atoms with E-state index in [1.165, 1.54) is 6.42 Å². The highest BCUT2D eigenvalue weighted by atomic mass is 16.5. The monoisotopic (exact) mass is 222 g/mol. The summed E-state index contributed by atoms with van der Waals surface area (Å²) in [6.07, 6.45) is 1.18. The van der Waals surface area contributed by atoms with Gasteiger partial charge in [-0.15, -0.1) is 0 Å². The van der Waals surface area contributed by atoms with E-state index in [9.17, 15) is 0 Å². The van der Waals surface area contributed by atoms with Crippen molar-refractivity contribution >= 4 is 5.69 Å². The standard InChI is InChI=1S/C13H22N2O/c1-4-11(9-14-2)10-15-12-6-5-7-13(8-12)16-3/h5-8,11,14-15H,4,9-10H2,1-3H3. The van der Waals surface area contributed by atoms with Gasteiger partial charge in [-0.05, 0) is 31.6 Å². The Hall–Kier alpha value is -1.22. The van der Waals surface area contributed by atoms with Crippen LogP contribution in [0.15, 0.2) is 24.3 Å². The fourth-order valence-corrected chi connectivity index (χ4v) is 1.64. The summed E-state index contributed by atoms with van der Waals surface area (Å²) in [6, 6.07) is 8.04. The van der Waals surface area contributed by atoms with Crippen LogP contribution in [0.2, 0.25) is 0 Å². The molecule has 0 fully saturated rings. The highest BCUT2D eigenvalue weighted by molar-refractivity contribution is 5.48. The maximum absolute atomic E-state index is 5.18. The lowest BCUT2D eigenvalue weighted by molar-refractivity contribution is 0.415. The molecule has 0 aliphatic rings. The third kappa shape index (κ3) is 4.11. The van der Waals surface area contributed by atoms with Crippen LogP contribution in [-0.2, 0) is 0 Å². The van der Waals surface area contributed by atoms with E-state index in [2.05, 4.69) is 23.6 Å². The predicted molar refractivity (Wildman–Crippen MR) is 69.2 cm³/mol. The molecule has 16 heavy (non-hydrogen) atoms. The summed E-state index contributed by atoms with van der Waals surface area (Å²) in [5.41, 5.74) is 1.12. The minimum atomic E-state index is 0.663. The molecular weight excluding hydrogens is 200 g/mol. The molecule has 90 valence electrons. The van der Waals surface area contributed by atoms with Gasteiger partial charge < -0.3 is 15.4 Å². The van der Waals surface area contributed by atoms with Crippen LogP contribution >= 0.6 is 0 Å². The summed E-state index contributed by atoms with van der Waals surface area (Å²) >= 11 is 0. The molecule has 0 aromatic heterocycles. The quantitative estimate of drug-likeness (QED) is 0.743. The van der Waals surface area contributed by atoms with Gasteiger partial charge in [0.2, 0.25) is 0 Å². The summed E-state index contributed by atoms with van der Waals surface area (Å²) in [5, 5.41) is 6.65. The second kappa shape index (κ2) is 7.12. The van der Waals surface area contributed by atoms with Crippen molar-refractivity contribution in [2.45, 2.75) is 13.3 Å². The number of benzene rings is 1. The van der Waals surface area contributed by atoms with E-state index in [1.54, 1.807) is 7.11 Å². The Morgan fingerprint density at radius 1 is 1.31 bits per heavy atom. The predicted octanol–water partition coefficient (Wildman–Crippen LogP) is 2.35. The molecule has 0 saturated heterocycles. The SMILES string of the molecule is CCC(CNC)CNc1cccc(OC)c1. The number of methoxy groups -OCH3 is 1. The zero-order chi connectivity index (χ0) is 11.8. The first-order valence-corrected chi connectivity index (χ1v) is 5.82. The Bertz CT molecular complexity index is 302. The zero-order valence-electron chi connectivity index (χ0n) is 10.4. The van der Waals surface area contributed by atoms with Crippen molar-refractivity contribution in [2.24, 2.45) is 5.92 Å². The Labute approximate surface area is 98.2 Å². The lowest BCUT2D eigenvalue weighted by Gasteiger charge is -2.16. The molecule has 0 radical (unpaired) electrons. The van der Waals surface area contributed by atoms with Crippen LogP contribution in [0, 0.1) is 5.92 Å². The minimum Gasteiger partial charge on any atom is -0.497 e. The highest BCUT2D eigenvalue weighted by Crippen LogP contribution is 2.17. The van der Waals surface area contributed by atoms with Crippen LogP contribution in [0.3, 0.4) is 0 Å². The normalized spacial score (nSPS) is 12.2. The lowest BCUT2D eigenvalue weighted by atomic mass is 10.1.